The van der Waals surface area contributed by atoms with Crippen molar-refractivity contribution in [2.24, 2.45) is 9.98 Å². The maximum Gasteiger partial charge on any atom is 0.179 e. The number of pyridine rings is 1. The van der Waals surface area contributed by atoms with E-state index in [1.165, 1.54) is 0 Å². The van der Waals surface area contributed by atoms with E-state index in [-0.39, 0.29) is 6.04 Å². The Morgan fingerprint density at radius 1 is 0.875 bits per heavy atom. The van der Waals surface area contributed by atoms with Crippen molar-refractivity contribution in [3.8, 4) is 11.6 Å². The zero-order valence-electron chi connectivity index (χ0n) is 21.8. The molecule has 0 saturated heterocycles. The Hall–Kier alpha value is -4.95. The van der Waals surface area contributed by atoms with Gasteiger partial charge in [0.2, 0.25) is 0 Å². The van der Waals surface area contributed by atoms with Gasteiger partial charge in [-0.2, -0.15) is 9.78 Å². The number of rotatable bonds is 4. The van der Waals surface area contributed by atoms with Crippen LogP contribution in [0.2, 0.25) is 5.02 Å². The van der Waals surface area contributed by atoms with Gasteiger partial charge in [0.15, 0.2) is 23.3 Å². The minimum Gasteiger partial charge on any atom is -0.497 e. The molecule has 2 aliphatic heterocycles. The molecule has 1 N–H and O–H groups in total. The number of nitrogens with zero attached hydrogens (tertiary/aromatic N) is 6. The predicted molar refractivity (Wildman–Crippen MR) is 159 cm³/mol. The molecule has 0 unspecified atom stereocenters. The summed E-state index contributed by atoms with van der Waals surface area (Å²) in [6.07, 6.45) is 1.76. The standard InChI is InChI=1S/C31H24ClN7O/c1-19-27-28(20-10-12-21(32)13-11-20)38-25-8-4-3-7-24(25)35-29(34-22-14-16-23(40-2)17-15-22)31(38)36-30(27)39(37-19)26-9-5-6-18-33-26/h3-18,28H,1-2H3,(H,34,35)/t28-/m0/s1. The van der Waals surface area contributed by atoms with Crippen LogP contribution in [0.1, 0.15) is 22.9 Å². The Kier molecular flexibility index (Phi) is 5.82. The van der Waals surface area contributed by atoms with Crippen molar-refractivity contribution >= 4 is 46.2 Å². The molecule has 2 aromatic heterocycles. The van der Waals surface area contributed by atoms with Crippen molar-refractivity contribution in [1.29, 1.82) is 0 Å². The molecule has 3 aromatic carbocycles. The number of fused-ring (bicyclic) bond motifs is 4. The van der Waals surface area contributed by atoms with Crippen molar-refractivity contribution in [1.82, 2.24) is 14.8 Å². The molecule has 0 radical (unpaired) electrons. The number of aromatic nitrogens is 3. The Labute approximate surface area is 236 Å². The maximum absolute atomic E-state index is 6.32. The third kappa shape index (κ3) is 4.01. The number of amidine groups is 2. The normalized spacial score (nSPS) is 15.4. The molecular weight excluding hydrogens is 522 g/mol. The molecule has 0 fully saturated rings. The lowest BCUT2D eigenvalue weighted by Gasteiger charge is -2.40. The predicted octanol–water partition coefficient (Wildman–Crippen LogP) is 7.03. The minimum absolute atomic E-state index is 0.235. The monoisotopic (exact) mass is 545 g/mol. The fourth-order valence-corrected chi connectivity index (χ4v) is 5.33. The number of ether oxygens (including phenoxy) is 1. The van der Waals surface area contributed by atoms with Gasteiger partial charge in [0.25, 0.3) is 0 Å². The van der Waals surface area contributed by atoms with E-state index in [4.69, 9.17) is 31.4 Å². The Morgan fingerprint density at radius 3 is 2.40 bits per heavy atom. The van der Waals surface area contributed by atoms with E-state index >= 15 is 0 Å². The van der Waals surface area contributed by atoms with Gasteiger partial charge >= 0.3 is 0 Å². The SMILES string of the molecule is COc1ccc(NC2=Nc3ccccc3N3C2=Nc2c(c(C)nn2-c2ccccn2)[C@@H]3c2ccc(Cl)cc2)cc1. The maximum atomic E-state index is 6.32. The zero-order valence-corrected chi connectivity index (χ0v) is 22.5. The van der Waals surface area contributed by atoms with Gasteiger partial charge in [-0.1, -0.05) is 41.9 Å². The van der Waals surface area contributed by atoms with Gasteiger partial charge in [-0.3, -0.25) is 0 Å². The van der Waals surface area contributed by atoms with E-state index < -0.39 is 0 Å². The molecular formula is C31H24ClN7O. The van der Waals surface area contributed by atoms with Gasteiger partial charge in [0.1, 0.15) is 5.75 Å². The first kappa shape index (κ1) is 24.1. The molecule has 0 amide bonds. The smallest absolute Gasteiger partial charge is 0.179 e. The first-order chi connectivity index (χ1) is 19.6. The molecule has 0 bridgehead atoms. The summed E-state index contributed by atoms with van der Waals surface area (Å²) in [4.78, 5) is 17.1. The third-order valence-electron chi connectivity index (χ3n) is 7.04. The molecule has 4 heterocycles. The lowest BCUT2D eigenvalue weighted by atomic mass is 9.93. The van der Waals surface area contributed by atoms with Crippen LogP contribution >= 0.6 is 11.6 Å². The van der Waals surface area contributed by atoms with Crippen LogP contribution < -0.4 is 15.0 Å². The summed E-state index contributed by atoms with van der Waals surface area (Å²) in [6, 6.07) is 29.3. The van der Waals surface area contributed by atoms with Crippen molar-refractivity contribution in [2.75, 3.05) is 17.3 Å². The van der Waals surface area contributed by atoms with Crippen LogP contribution in [0.5, 0.6) is 5.75 Å². The van der Waals surface area contributed by atoms with Crippen LogP contribution in [0, 0.1) is 6.92 Å². The average molecular weight is 546 g/mol. The summed E-state index contributed by atoms with van der Waals surface area (Å²) in [7, 11) is 1.65. The van der Waals surface area contributed by atoms with Gasteiger partial charge in [0, 0.05) is 22.5 Å². The first-order valence-electron chi connectivity index (χ1n) is 12.8. The lowest BCUT2D eigenvalue weighted by molar-refractivity contribution is 0.415. The number of aryl methyl sites for hydroxylation is 1. The number of benzene rings is 3. The highest BCUT2D eigenvalue weighted by molar-refractivity contribution is 6.51. The summed E-state index contributed by atoms with van der Waals surface area (Å²) in [6.45, 7) is 2.02. The Balaban J connectivity index is 1.47. The second-order valence-corrected chi connectivity index (χ2v) is 9.92. The van der Waals surface area contributed by atoms with Gasteiger partial charge in [-0.15, -0.1) is 0 Å². The molecule has 40 heavy (non-hydrogen) atoms. The quantitative estimate of drug-likeness (QED) is 0.262. The number of anilines is 2. The van der Waals surface area contributed by atoms with Gasteiger partial charge < -0.3 is 15.0 Å². The molecule has 196 valence electrons. The van der Waals surface area contributed by atoms with Crippen LogP contribution in [-0.2, 0) is 0 Å². The van der Waals surface area contributed by atoms with Crippen LogP contribution in [0.3, 0.4) is 0 Å². The average Bonchev–Trinajstić information content (AvgIpc) is 3.33. The topological polar surface area (TPSA) is 79.9 Å². The second kappa shape index (κ2) is 9.66. The molecule has 7 rings (SSSR count). The highest BCUT2D eigenvalue weighted by Gasteiger charge is 2.41. The van der Waals surface area contributed by atoms with Crippen molar-refractivity contribution in [2.45, 2.75) is 13.0 Å². The van der Waals surface area contributed by atoms with E-state index in [0.717, 1.165) is 39.6 Å². The molecule has 0 aliphatic carbocycles. The number of nitrogens with one attached hydrogen (secondary N) is 1. The molecule has 0 saturated carbocycles. The number of para-hydroxylation sites is 2. The minimum atomic E-state index is -0.235. The van der Waals surface area contributed by atoms with Gasteiger partial charge in [-0.25, -0.2) is 15.0 Å². The summed E-state index contributed by atoms with van der Waals surface area (Å²) in [5, 5.41) is 9.10. The number of aliphatic imine (C=N–C) groups is 2. The van der Waals surface area contributed by atoms with Gasteiger partial charge in [-0.05, 0) is 73.2 Å². The lowest BCUT2D eigenvalue weighted by Crippen LogP contribution is -2.46. The summed E-state index contributed by atoms with van der Waals surface area (Å²) < 4.78 is 7.15. The number of methoxy groups -OCH3 is 1. The van der Waals surface area contributed by atoms with E-state index in [9.17, 15) is 0 Å². The summed E-state index contributed by atoms with van der Waals surface area (Å²) >= 11 is 6.32. The fraction of sp³-hybridized carbons (Fsp3) is 0.0968. The summed E-state index contributed by atoms with van der Waals surface area (Å²) in [5.74, 6) is 3.49. The molecule has 2 aliphatic rings. The third-order valence-corrected chi connectivity index (χ3v) is 7.30. The largest absolute Gasteiger partial charge is 0.497 e. The van der Waals surface area contributed by atoms with Crippen LogP contribution in [0.15, 0.2) is 107 Å². The van der Waals surface area contributed by atoms with Gasteiger partial charge in [0.05, 0.1) is 30.2 Å². The number of hydrogen-bond acceptors (Lipinski definition) is 7. The first-order valence-corrected chi connectivity index (χ1v) is 13.2. The Morgan fingerprint density at radius 2 is 1.65 bits per heavy atom. The van der Waals surface area contributed by atoms with E-state index in [0.29, 0.717) is 28.3 Å². The van der Waals surface area contributed by atoms with Crippen molar-refractivity contribution < 1.29 is 4.74 Å². The Bertz CT molecular complexity index is 1780. The van der Waals surface area contributed by atoms with Crippen molar-refractivity contribution in [3.05, 3.63) is 119 Å². The summed E-state index contributed by atoms with van der Waals surface area (Å²) in [5.41, 5.74) is 5.59. The second-order valence-electron chi connectivity index (χ2n) is 9.48. The van der Waals surface area contributed by atoms with Crippen LogP contribution in [0.25, 0.3) is 5.82 Å². The van der Waals surface area contributed by atoms with Crippen LogP contribution in [0.4, 0.5) is 22.9 Å². The highest BCUT2D eigenvalue weighted by atomic mass is 35.5. The zero-order chi connectivity index (χ0) is 27.2. The molecule has 9 heteroatoms. The van der Waals surface area contributed by atoms with E-state index in [1.54, 1.807) is 13.3 Å². The molecule has 1 atom stereocenters. The highest BCUT2D eigenvalue weighted by Crippen LogP contribution is 2.48. The van der Waals surface area contributed by atoms with Crippen LogP contribution in [-0.4, -0.2) is 33.5 Å². The fourth-order valence-electron chi connectivity index (χ4n) is 5.21. The molecule has 0 spiro atoms. The van der Waals surface area contributed by atoms with E-state index in [2.05, 4.69) is 33.4 Å². The molecule has 5 aromatic rings. The van der Waals surface area contributed by atoms with E-state index in [1.807, 2.05) is 84.4 Å². The number of hydrogen-bond donors (Lipinski definition) is 1. The number of halogens is 1. The molecule has 8 nitrogen and oxygen atoms in total. The van der Waals surface area contributed by atoms with Crippen molar-refractivity contribution in [3.63, 3.8) is 0 Å².